The second kappa shape index (κ2) is 10.0. The van der Waals surface area contributed by atoms with Crippen LogP contribution in [0.5, 0.6) is 5.75 Å². The van der Waals surface area contributed by atoms with E-state index >= 15 is 0 Å². The minimum absolute atomic E-state index is 0.0503. The Balaban J connectivity index is 1.60. The monoisotopic (exact) mass is 513 g/mol. The molecule has 5 rings (SSSR count). The predicted molar refractivity (Wildman–Crippen MR) is 141 cm³/mol. The number of anilines is 2. The first-order chi connectivity index (χ1) is 18.3. The van der Waals surface area contributed by atoms with E-state index in [4.69, 9.17) is 9.47 Å². The van der Waals surface area contributed by atoms with Crippen molar-refractivity contribution in [1.82, 2.24) is 4.98 Å². The lowest BCUT2D eigenvalue weighted by Gasteiger charge is -2.28. The SMILES string of the molecule is CC(C)OC(=O)c1ccc(N2C(=O)C(=O)/C(=C(\O)c3ccc4c(c3)N(C)CCO4)C2c2cccnc2)cc1. The van der Waals surface area contributed by atoms with Gasteiger partial charge in [0.25, 0.3) is 11.7 Å². The van der Waals surface area contributed by atoms with Crippen molar-refractivity contribution in [3.05, 3.63) is 89.3 Å². The lowest BCUT2D eigenvalue weighted by Crippen LogP contribution is -2.29. The summed E-state index contributed by atoms with van der Waals surface area (Å²) in [6.07, 6.45) is 2.87. The highest BCUT2D eigenvalue weighted by Crippen LogP contribution is 2.43. The molecule has 1 saturated heterocycles. The lowest BCUT2D eigenvalue weighted by molar-refractivity contribution is -0.132. The Morgan fingerprint density at radius 2 is 1.84 bits per heavy atom. The molecule has 1 aromatic heterocycles. The second-order valence-electron chi connectivity index (χ2n) is 9.41. The van der Waals surface area contributed by atoms with Crippen molar-refractivity contribution in [2.45, 2.75) is 26.0 Å². The van der Waals surface area contributed by atoms with Crippen LogP contribution in [0.2, 0.25) is 0 Å². The number of fused-ring (bicyclic) bond motifs is 1. The van der Waals surface area contributed by atoms with Crippen molar-refractivity contribution in [1.29, 1.82) is 0 Å². The molecule has 38 heavy (non-hydrogen) atoms. The Hall–Kier alpha value is -4.66. The van der Waals surface area contributed by atoms with E-state index in [0.29, 0.717) is 41.3 Å². The normalized spacial score (nSPS) is 18.4. The molecule has 1 N–H and O–H groups in total. The third-order valence-electron chi connectivity index (χ3n) is 6.50. The van der Waals surface area contributed by atoms with Crippen LogP contribution >= 0.6 is 0 Å². The third kappa shape index (κ3) is 4.47. The number of hydrogen-bond acceptors (Lipinski definition) is 8. The van der Waals surface area contributed by atoms with Gasteiger partial charge < -0.3 is 19.5 Å². The van der Waals surface area contributed by atoms with Crippen molar-refractivity contribution >= 4 is 34.8 Å². The number of esters is 1. The number of aromatic nitrogens is 1. The number of nitrogens with zero attached hydrogens (tertiary/aromatic N) is 3. The quantitative estimate of drug-likeness (QED) is 0.235. The van der Waals surface area contributed by atoms with Gasteiger partial charge >= 0.3 is 5.97 Å². The summed E-state index contributed by atoms with van der Waals surface area (Å²) in [5.74, 6) is -1.72. The minimum Gasteiger partial charge on any atom is -0.507 e. The molecule has 1 amide bonds. The zero-order valence-electron chi connectivity index (χ0n) is 21.2. The molecular formula is C29H27N3O6. The van der Waals surface area contributed by atoms with E-state index in [0.717, 1.165) is 5.69 Å². The van der Waals surface area contributed by atoms with Gasteiger partial charge in [0.1, 0.15) is 18.1 Å². The van der Waals surface area contributed by atoms with Crippen molar-refractivity contribution in [2.24, 2.45) is 0 Å². The number of aliphatic hydroxyl groups excluding tert-OH is 1. The van der Waals surface area contributed by atoms with Crippen LogP contribution in [0.3, 0.4) is 0 Å². The number of ketones is 1. The van der Waals surface area contributed by atoms with Gasteiger partial charge in [0.2, 0.25) is 0 Å². The number of rotatable bonds is 5. The van der Waals surface area contributed by atoms with Crippen LogP contribution in [0, 0.1) is 0 Å². The number of Topliss-reactive ketones (excluding diaryl/α,β-unsaturated/α-hetero) is 1. The highest BCUT2D eigenvalue weighted by atomic mass is 16.5. The molecule has 0 aliphatic carbocycles. The summed E-state index contributed by atoms with van der Waals surface area (Å²) < 4.78 is 10.9. The molecule has 3 heterocycles. The van der Waals surface area contributed by atoms with E-state index in [1.165, 1.54) is 4.90 Å². The van der Waals surface area contributed by atoms with E-state index in [1.54, 1.807) is 80.8 Å². The number of aliphatic hydroxyl groups is 1. The Kier molecular flexibility index (Phi) is 6.59. The topological polar surface area (TPSA) is 109 Å². The average Bonchev–Trinajstić information content (AvgIpc) is 3.18. The molecule has 2 aliphatic heterocycles. The first-order valence-corrected chi connectivity index (χ1v) is 12.3. The fourth-order valence-corrected chi connectivity index (χ4v) is 4.65. The molecule has 1 fully saturated rings. The van der Waals surface area contributed by atoms with Gasteiger partial charge in [-0.15, -0.1) is 0 Å². The van der Waals surface area contributed by atoms with Crippen LogP contribution in [0.1, 0.15) is 41.4 Å². The van der Waals surface area contributed by atoms with Gasteiger partial charge in [-0.1, -0.05) is 6.07 Å². The number of likely N-dealkylation sites (N-methyl/N-ethyl adjacent to an activating group) is 1. The molecule has 0 saturated carbocycles. The first-order valence-electron chi connectivity index (χ1n) is 12.3. The Morgan fingerprint density at radius 1 is 1.11 bits per heavy atom. The minimum atomic E-state index is -0.929. The van der Waals surface area contributed by atoms with E-state index in [2.05, 4.69) is 4.98 Å². The van der Waals surface area contributed by atoms with Gasteiger partial charge in [-0.2, -0.15) is 0 Å². The van der Waals surface area contributed by atoms with E-state index < -0.39 is 23.7 Å². The molecule has 3 aromatic rings. The summed E-state index contributed by atoms with van der Waals surface area (Å²) in [5, 5.41) is 11.4. The number of ether oxygens (including phenoxy) is 2. The maximum absolute atomic E-state index is 13.4. The number of amides is 1. The van der Waals surface area contributed by atoms with Crippen molar-refractivity contribution in [3.8, 4) is 5.75 Å². The summed E-state index contributed by atoms with van der Waals surface area (Å²) in [4.78, 5) is 46.6. The third-order valence-corrected chi connectivity index (χ3v) is 6.50. The molecule has 1 atom stereocenters. The summed E-state index contributed by atoms with van der Waals surface area (Å²) in [6, 6.07) is 13.9. The molecule has 2 aromatic carbocycles. The molecule has 0 spiro atoms. The van der Waals surface area contributed by atoms with Gasteiger partial charge in [0.15, 0.2) is 0 Å². The van der Waals surface area contributed by atoms with Crippen LogP contribution in [-0.2, 0) is 14.3 Å². The average molecular weight is 514 g/mol. The Morgan fingerprint density at radius 3 is 2.53 bits per heavy atom. The van der Waals surface area contributed by atoms with Gasteiger partial charge in [-0.25, -0.2) is 4.79 Å². The Bertz CT molecular complexity index is 1430. The van der Waals surface area contributed by atoms with E-state index in [1.807, 2.05) is 11.9 Å². The zero-order valence-corrected chi connectivity index (χ0v) is 21.2. The molecule has 0 bridgehead atoms. The van der Waals surface area contributed by atoms with Crippen LogP contribution in [-0.4, -0.2) is 54.1 Å². The fourth-order valence-electron chi connectivity index (χ4n) is 4.65. The maximum atomic E-state index is 13.4. The molecule has 1 unspecified atom stereocenters. The van der Waals surface area contributed by atoms with Crippen molar-refractivity contribution < 1.29 is 29.0 Å². The number of hydrogen-bond donors (Lipinski definition) is 1. The van der Waals surface area contributed by atoms with E-state index in [9.17, 15) is 19.5 Å². The number of pyridine rings is 1. The molecule has 194 valence electrons. The summed E-state index contributed by atoms with van der Waals surface area (Å²) in [6.45, 7) is 4.74. The van der Waals surface area contributed by atoms with E-state index in [-0.39, 0.29) is 17.4 Å². The molecule has 9 heteroatoms. The van der Waals surface area contributed by atoms with Gasteiger partial charge in [-0.3, -0.25) is 19.5 Å². The molecule has 0 radical (unpaired) electrons. The van der Waals surface area contributed by atoms with Crippen molar-refractivity contribution in [3.63, 3.8) is 0 Å². The van der Waals surface area contributed by atoms with Crippen LogP contribution < -0.4 is 14.5 Å². The number of carbonyl (C=O) groups excluding carboxylic acids is 3. The largest absolute Gasteiger partial charge is 0.507 e. The number of carbonyl (C=O) groups is 3. The second-order valence-corrected chi connectivity index (χ2v) is 9.41. The molecule has 9 nitrogen and oxygen atoms in total. The summed E-state index contributed by atoms with van der Waals surface area (Å²) in [7, 11) is 1.92. The maximum Gasteiger partial charge on any atom is 0.338 e. The zero-order chi connectivity index (χ0) is 27.0. The van der Waals surface area contributed by atoms with Gasteiger partial charge in [0, 0.05) is 30.7 Å². The van der Waals surface area contributed by atoms with Gasteiger partial charge in [0.05, 0.1) is 35.5 Å². The Labute approximate surface area is 219 Å². The first kappa shape index (κ1) is 25.0. The fraction of sp³-hybridized carbons (Fsp3) is 0.241. The standard InChI is InChI=1S/C29H27N3O6/c1-17(2)38-29(36)18-6-9-21(10-7-18)32-25(20-5-4-12-30-16-20)24(27(34)28(32)35)26(33)19-8-11-23-22(15-19)31(3)13-14-37-23/h4-12,15-17,25,33H,13-14H2,1-3H3/b26-24-. The van der Waals surface area contributed by atoms with Crippen LogP contribution in [0.15, 0.2) is 72.6 Å². The predicted octanol–water partition coefficient (Wildman–Crippen LogP) is 4.10. The molecule has 2 aliphatic rings. The lowest BCUT2D eigenvalue weighted by atomic mass is 9.95. The summed E-state index contributed by atoms with van der Waals surface area (Å²) >= 11 is 0. The summed E-state index contributed by atoms with van der Waals surface area (Å²) in [5.41, 5.74) is 2.37. The highest BCUT2D eigenvalue weighted by molar-refractivity contribution is 6.51. The number of benzene rings is 2. The van der Waals surface area contributed by atoms with Crippen LogP contribution in [0.4, 0.5) is 11.4 Å². The van der Waals surface area contributed by atoms with Crippen molar-refractivity contribution in [2.75, 3.05) is 30.0 Å². The smallest absolute Gasteiger partial charge is 0.338 e. The molecular weight excluding hydrogens is 486 g/mol. The van der Waals surface area contributed by atoms with Gasteiger partial charge in [-0.05, 0) is 67.9 Å². The highest BCUT2D eigenvalue weighted by Gasteiger charge is 2.47. The van der Waals surface area contributed by atoms with Crippen LogP contribution in [0.25, 0.3) is 5.76 Å².